The summed E-state index contributed by atoms with van der Waals surface area (Å²) in [4.78, 5) is 11.9. The van der Waals surface area contributed by atoms with Gasteiger partial charge in [0.1, 0.15) is 5.82 Å². The number of hydrogen-bond donors (Lipinski definition) is 1. The van der Waals surface area contributed by atoms with Crippen LogP contribution >= 0.6 is 23.2 Å². The van der Waals surface area contributed by atoms with Crippen LogP contribution in [0.15, 0.2) is 0 Å². The SMILES string of the molecule is NC1CCC(c2nc(Cl)nc(Cl)n2)CC1. The van der Waals surface area contributed by atoms with E-state index in [-0.39, 0.29) is 10.6 Å². The fraction of sp³-hybridized carbons (Fsp3) is 0.667. The van der Waals surface area contributed by atoms with Crippen molar-refractivity contribution in [3.8, 4) is 0 Å². The minimum absolute atomic E-state index is 0.167. The Kier molecular flexibility index (Phi) is 3.38. The highest BCUT2D eigenvalue weighted by atomic mass is 35.5. The zero-order chi connectivity index (χ0) is 10.8. The smallest absolute Gasteiger partial charge is 0.226 e. The van der Waals surface area contributed by atoms with Gasteiger partial charge < -0.3 is 5.73 Å². The fourth-order valence-electron chi connectivity index (χ4n) is 1.90. The molecule has 1 saturated carbocycles. The molecule has 0 unspecified atom stereocenters. The highest BCUT2D eigenvalue weighted by Crippen LogP contribution is 2.30. The molecule has 4 nitrogen and oxygen atoms in total. The molecule has 0 atom stereocenters. The molecule has 1 aliphatic rings. The second-order valence-corrected chi connectivity index (χ2v) is 4.52. The van der Waals surface area contributed by atoms with E-state index in [4.69, 9.17) is 28.9 Å². The molecule has 0 radical (unpaired) electrons. The third-order valence-corrected chi connectivity index (χ3v) is 3.07. The summed E-state index contributed by atoms with van der Waals surface area (Å²) in [7, 11) is 0. The molecule has 6 heteroatoms. The van der Waals surface area contributed by atoms with Gasteiger partial charge in [0.2, 0.25) is 10.6 Å². The second-order valence-electron chi connectivity index (χ2n) is 3.84. The molecule has 0 aromatic carbocycles. The first-order chi connectivity index (χ1) is 7.15. The van der Waals surface area contributed by atoms with Crippen LogP contribution in [-0.2, 0) is 0 Å². The van der Waals surface area contributed by atoms with Crippen molar-refractivity contribution in [2.24, 2.45) is 5.73 Å². The van der Waals surface area contributed by atoms with Crippen LogP contribution in [0.25, 0.3) is 0 Å². The predicted molar refractivity (Wildman–Crippen MR) is 59.0 cm³/mol. The molecule has 0 amide bonds. The number of halogens is 2. The summed E-state index contributed by atoms with van der Waals surface area (Å²) in [6.07, 6.45) is 4.01. The molecule has 2 rings (SSSR count). The molecule has 1 aromatic rings. The Morgan fingerprint density at radius 3 is 2.00 bits per heavy atom. The monoisotopic (exact) mass is 246 g/mol. The lowest BCUT2D eigenvalue weighted by Crippen LogP contribution is -2.26. The first-order valence-corrected chi connectivity index (χ1v) is 5.73. The van der Waals surface area contributed by atoms with Gasteiger partial charge in [-0.3, -0.25) is 0 Å². The summed E-state index contributed by atoms with van der Waals surface area (Å²) >= 11 is 11.5. The van der Waals surface area contributed by atoms with Gasteiger partial charge >= 0.3 is 0 Å². The highest BCUT2D eigenvalue weighted by Gasteiger charge is 2.22. The maximum absolute atomic E-state index is 5.83. The lowest BCUT2D eigenvalue weighted by atomic mass is 9.86. The molecule has 0 saturated heterocycles. The Labute approximate surface area is 98.2 Å². The summed E-state index contributed by atoms with van der Waals surface area (Å²) in [5, 5.41) is 0.333. The summed E-state index contributed by atoms with van der Waals surface area (Å²) in [6, 6.07) is 0.314. The summed E-state index contributed by atoms with van der Waals surface area (Å²) in [5.41, 5.74) is 5.83. The maximum atomic E-state index is 5.83. The minimum atomic E-state index is 0.167. The van der Waals surface area contributed by atoms with Crippen molar-refractivity contribution in [1.82, 2.24) is 15.0 Å². The van der Waals surface area contributed by atoms with Gasteiger partial charge in [0.25, 0.3) is 0 Å². The van der Waals surface area contributed by atoms with Crippen molar-refractivity contribution in [1.29, 1.82) is 0 Å². The standard InChI is InChI=1S/C9H12Cl2N4/c10-8-13-7(14-9(11)15-8)5-1-3-6(12)4-2-5/h5-6H,1-4,12H2. The molecular weight excluding hydrogens is 235 g/mol. The number of aromatic nitrogens is 3. The van der Waals surface area contributed by atoms with E-state index < -0.39 is 0 Å². The quantitative estimate of drug-likeness (QED) is 0.825. The maximum Gasteiger partial charge on any atom is 0.226 e. The van der Waals surface area contributed by atoms with Crippen molar-refractivity contribution in [3.05, 3.63) is 16.4 Å². The van der Waals surface area contributed by atoms with Crippen LogP contribution in [0, 0.1) is 0 Å². The average Bonchev–Trinajstić information content (AvgIpc) is 2.17. The van der Waals surface area contributed by atoms with Crippen LogP contribution in [-0.4, -0.2) is 21.0 Å². The molecule has 1 aromatic heterocycles. The number of nitrogens with two attached hydrogens (primary N) is 1. The Morgan fingerprint density at radius 1 is 0.933 bits per heavy atom. The van der Waals surface area contributed by atoms with Gasteiger partial charge in [-0.15, -0.1) is 0 Å². The molecule has 0 aliphatic heterocycles. The highest BCUT2D eigenvalue weighted by molar-refractivity contribution is 6.31. The van der Waals surface area contributed by atoms with E-state index in [0.717, 1.165) is 25.7 Å². The van der Waals surface area contributed by atoms with Gasteiger partial charge in [0.05, 0.1) is 0 Å². The van der Waals surface area contributed by atoms with Crippen LogP contribution in [0.2, 0.25) is 10.6 Å². The van der Waals surface area contributed by atoms with Crippen LogP contribution in [0.3, 0.4) is 0 Å². The van der Waals surface area contributed by atoms with E-state index in [2.05, 4.69) is 15.0 Å². The van der Waals surface area contributed by atoms with Crippen LogP contribution in [0.4, 0.5) is 0 Å². The Balaban J connectivity index is 2.15. The Hall–Kier alpha value is -0.450. The predicted octanol–water partition coefficient (Wildman–Crippen LogP) is 2.16. The van der Waals surface area contributed by atoms with E-state index in [1.54, 1.807) is 0 Å². The van der Waals surface area contributed by atoms with Gasteiger partial charge in [-0.2, -0.15) is 4.98 Å². The molecule has 0 bridgehead atoms. The van der Waals surface area contributed by atoms with E-state index >= 15 is 0 Å². The van der Waals surface area contributed by atoms with Gasteiger partial charge in [-0.05, 0) is 48.9 Å². The molecule has 1 fully saturated rings. The van der Waals surface area contributed by atoms with Crippen molar-refractivity contribution < 1.29 is 0 Å². The lowest BCUT2D eigenvalue weighted by molar-refractivity contribution is 0.384. The van der Waals surface area contributed by atoms with Crippen LogP contribution in [0.1, 0.15) is 37.4 Å². The topological polar surface area (TPSA) is 64.7 Å². The third-order valence-electron chi connectivity index (χ3n) is 2.74. The molecule has 15 heavy (non-hydrogen) atoms. The zero-order valence-corrected chi connectivity index (χ0v) is 9.67. The zero-order valence-electron chi connectivity index (χ0n) is 8.16. The normalized spacial score (nSPS) is 26.6. The average molecular weight is 247 g/mol. The summed E-state index contributed by atoms with van der Waals surface area (Å²) in [6.45, 7) is 0. The summed E-state index contributed by atoms with van der Waals surface area (Å²) < 4.78 is 0. The summed E-state index contributed by atoms with van der Waals surface area (Å²) in [5.74, 6) is 1.02. The Bertz CT molecular complexity index is 330. The number of hydrogen-bond acceptors (Lipinski definition) is 4. The minimum Gasteiger partial charge on any atom is -0.328 e. The lowest BCUT2D eigenvalue weighted by Gasteiger charge is -2.24. The number of rotatable bonds is 1. The molecule has 1 heterocycles. The molecule has 1 aliphatic carbocycles. The first-order valence-electron chi connectivity index (χ1n) is 4.97. The van der Waals surface area contributed by atoms with Crippen LogP contribution in [0.5, 0.6) is 0 Å². The molecule has 82 valence electrons. The van der Waals surface area contributed by atoms with Crippen LogP contribution < -0.4 is 5.73 Å². The van der Waals surface area contributed by atoms with Gasteiger partial charge in [-0.1, -0.05) is 0 Å². The van der Waals surface area contributed by atoms with E-state index in [9.17, 15) is 0 Å². The molecule has 0 spiro atoms. The van der Waals surface area contributed by atoms with Gasteiger partial charge in [-0.25, -0.2) is 9.97 Å². The van der Waals surface area contributed by atoms with Gasteiger partial charge in [0.15, 0.2) is 0 Å². The van der Waals surface area contributed by atoms with Crippen molar-refractivity contribution in [3.63, 3.8) is 0 Å². The number of nitrogens with zero attached hydrogens (tertiary/aromatic N) is 3. The van der Waals surface area contributed by atoms with Crippen molar-refractivity contribution in [2.75, 3.05) is 0 Å². The largest absolute Gasteiger partial charge is 0.328 e. The van der Waals surface area contributed by atoms with Crippen molar-refractivity contribution in [2.45, 2.75) is 37.6 Å². The second kappa shape index (κ2) is 4.60. The third kappa shape index (κ3) is 2.77. The fourth-order valence-corrected chi connectivity index (χ4v) is 2.28. The Morgan fingerprint density at radius 2 is 1.47 bits per heavy atom. The van der Waals surface area contributed by atoms with Crippen molar-refractivity contribution >= 4 is 23.2 Å². The van der Waals surface area contributed by atoms with E-state index in [0.29, 0.717) is 17.8 Å². The van der Waals surface area contributed by atoms with E-state index in [1.807, 2.05) is 0 Å². The first kappa shape index (κ1) is 11.0. The van der Waals surface area contributed by atoms with E-state index in [1.165, 1.54) is 0 Å². The molecule has 2 N–H and O–H groups in total. The molecular formula is C9H12Cl2N4. The van der Waals surface area contributed by atoms with Gasteiger partial charge in [0, 0.05) is 12.0 Å².